The number of aryl methyl sites for hydroxylation is 1. The number of H-pyrrole nitrogens is 1. The van der Waals surface area contributed by atoms with E-state index in [-0.39, 0.29) is 5.41 Å². The van der Waals surface area contributed by atoms with E-state index in [2.05, 4.69) is 10.2 Å². The molecule has 14 heavy (non-hydrogen) atoms. The van der Waals surface area contributed by atoms with Crippen LogP contribution in [0, 0.1) is 5.41 Å². The van der Waals surface area contributed by atoms with Gasteiger partial charge in [0.15, 0.2) is 0 Å². The molecular weight excluding hydrogens is 176 g/mol. The Morgan fingerprint density at radius 3 is 2.93 bits per heavy atom. The second-order valence-corrected chi connectivity index (χ2v) is 4.82. The summed E-state index contributed by atoms with van der Waals surface area (Å²) in [5.74, 6) is 0. The highest BCUT2D eigenvalue weighted by Crippen LogP contribution is 2.48. The lowest BCUT2D eigenvalue weighted by Crippen LogP contribution is -2.11. The van der Waals surface area contributed by atoms with Gasteiger partial charge in [0.1, 0.15) is 0 Å². The van der Waals surface area contributed by atoms with E-state index in [9.17, 15) is 5.11 Å². The van der Waals surface area contributed by atoms with Crippen LogP contribution in [0.4, 0.5) is 0 Å². The van der Waals surface area contributed by atoms with Gasteiger partial charge in [-0.05, 0) is 49.5 Å². The molecule has 2 N–H and O–H groups in total. The number of aliphatic hydroxyl groups is 1. The highest BCUT2D eigenvalue weighted by atomic mass is 16.3. The molecule has 0 unspecified atom stereocenters. The van der Waals surface area contributed by atoms with Crippen molar-refractivity contribution in [2.75, 3.05) is 6.61 Å². The lowest BCUT2D eigenvalue weighted by Gasteiger charge is -2.09. The summed E-state index contributed by atoms with van der Waals surface area (Å²) in [6.45, 7) is 0.328. The first kappa shape index (κ1) is 8.48. The third-order valence-corrected chi connectivity index (χ3v) is 3.73. The molecule has 0 atom stereocenters. The van der Waals surface area contributed by atoms with Gasteiger partial charge < -0.3 is 5.11 Å². The van der Waals surface area contributed by atoms with Gasteiger partial charge in [0.05, 0.1) is 5.69 Å². The van der Waals surface area contributed by atoms with Crippen molar-refractivity contribution in [2.45, 2.75) is 38.5 Å². The molecule has 0 bridgehead atoms. The summed E-state index contributed by atoms with van der Waals surface area (Å²) in [5.41, 5.74) is 4.22. The van der Waals surface area contributed by atoms with Gasteiger partial charge in [0.25, 0.3) is 0 Å². The molecule has 2 aliphatic carbocycles. The van der Waals surface area contributed by atoms with Crippen LogP contribution in [0.2, 0.25) is 0 Å². The molecule has 0 spiro atoms. The number of fused-ring (bicyclic) bond motifs is 1. The van der Waals surface area contributed by atoms with Crippen LogP contribution in [0.1, 0.15) is 36.2 Å². The fourth-order valence-corrected chi connectivity index (χ4v) is 2.46. The molecule has 1 fully saturated rings. The van der Waals surface area contributed by atoms with Crippen LogP contribution in [-0.4, -0.2) is 21.9 Å². The molecule has 76 valence electrons. The van der Waals surface area contributed by atoms with E-state index in [1.165, 1.54) is 42.6 Å². The van der Waals surface area contributed by atoms with Crippen LogP contribution in [-0.2, 0) is 19.3 Å². The highest BCUT2D eigenvalue weighted by molar-refractivity contribution is 5.30. The summed E-state index contributed by atoms with van der Waals surface area (Å²) in [4.78, 5) is 0. The molecule has 3 heteroatoms. The van der Waals surface area contributed by atoms with Crippen molar-refractivity contribution >= 4 is 0 Å². The quantitative estimate of drug-likeness (QED) is 0.756. The fourth-order valence-electron chi connectivity index (χ4n) is 2.46. The topological polar surface area (TPSA) is 48.9 Å². The minimum atomic E-state index is 0.200. The molecule has 0 radical (unpaired) electrons. The third-order valence-electron chi connectivity index (χ3n) is 3.73. The number of aromatic nitrogens is 2. The number of nitrogens with one attached hydrogen (secondary N) is 1. The summed E-state index contributed by atoms with van der Waals surface area (Å²) in [6.07, 6.45) is 6.94. The molecule has 0 aliphatic heterocycles. The van der Waals surface area contributed by atoms with Gasteiger partial charge in [0, 0.05) is 12.3 Å². The summed E-state index contributed by atoms with van der Waals surface area (Å²) >= 11 is 0. The number of rotatable bonds is 3. The van der Waals surface area contributed by atoms with Crippen molar-refractivity contribution in [1.29, 1.82) is 0 Å². The maximum absolute atomic E-state index is 9.27. The molecule has 1 aromatic rings. The van der Waals surface area contributed by atoms with Crippen molar-refractivity contribution < 1.29 is 5.11 Å². The first-order chi connectivity index (χ1) is 6.83. The van der Waals surface area contributed by atoms with Crippen molar-refractivity contribution in [3.05, 3.63) is 17.0 Å². The summed E-state index contributed by atoms with van der Waals surface area (Å²) in [5, 5.41) is 16.8. The van der Waals surface area contributed by atoms with Gasteiger partial charge >= 0.3 is 0 Å². The van der Waals surface area contributed by atoms with E-state index in [0.717, 1.165) is 12.8 Å². The monoisotopic (exact) mass is 192 g/mol. The number of nitrogens with zero attached hydrogens (tertiary/aromatic N) is 1. The van der Waals surface area contributed by atoms with Crippen LogP contribution in [0.15, 0.2) is 0 Å². The van der Waals surface area contributed by atoms with Crippen molar-refractivity contribution in [1.82, 2.24) is 10.2 Å². The number of hydrogen-bond acceptors (Lipinski definition) is 2. The van der Waals surface area contributed by atoms with Gasteiger partial charge in [-0.2, -0.15) is 5.10 Å². The standard InChI is InChI=1S/C11H16N2O/c14-7-11(4-5-11)6-10-8-2-1-3-9(8)12-13-10/h14H,1-7H2,(H,12,13). The summed E-state index contributed by atoms with van der Waals surface area (Å²) < 4.78 is 0. The minimum absolute atomic E-state index is 0.200. The van der Waals surface area contributed by atoms with E-state index in [4.69, 9.17) is 0 Å². The van der Waals surface area contributed by atoms with Crippen LogP contribution in [0.5, 0.6) is 0 Å². The Balaban J connectivity index is 1.83. The zero-order valence-electron chi connectivity index (χ0n) is 8.34. The SMILES string of the molecule is OCC1(Cc2n[nH]c3c2CCC3)CC1. The molecule has 3 nitrogen and oxygen atoms in total. The molecule has 3 rings (SSSR count). The molecule has 1 aromatic heterocycles. The second kappa shape index (κ2) is 2.83. The average Bonchev–Trinajstić information content (AvgIpc) is 2.66. The molecule has 0 amide bonds. The zero-order chi connectivity index (χ0) is 9.60. The van der Waals surface area contributed by atoms with Crippen LogP contribution < -0.4 is 0 Å². The maximum Gasteiger partial charge on any atom is 0.0663 e. The average molecular weight is 192 g/mol. The van der Waals surface area contributed by atoms with Crippen LogP contribution >= 0.6 is 0 Å². The van der Waals surface area contributed by atoms with E-state index >= 15 is 0 Å². The Morgan fingerprint density at radius 2 is 2.21 bits per heavy atom. The van der Waals surface area contributed by atoms with Crippen molar-refractivity contribution in [3.63, 3.8) is 0 Å². The third kappa shape index (κ3) is 1.19. The van der Waals surface area contributed by atoms with Gasteiger partial charge in [0.2, 0.25) is 0 Å². The normalized spacial score (nSPS) is 22.4. The van der Waals surface area contributed by atoms with E-state index in [1.807, 2.05) is 0 Å². The Labute approximate surface area is 83.5 Å². The molecular formula is C11H16N2O. The molecule has 2 aliphatic rings. The predicted octanol–water partition coefficient (Wildman–Crippen LogP) is 1.21. The smallest absolute Gasteiger partial charge is 0.0663 e. The lowest BCUT2D eigenvalue weighted by atomic mass is 9.98. The largest absolute Gasteiger partial charge is 0.396 e. The van der Waals surface area contributed by atoms with Crippen LogP contribution in [0.3, 0.4) is 0 Å². The minimum Gasteiger partial charge on any atom is -0.396 e. The molecule has 1 heterocycles. The Hall–Kier alpha value is -0.830. The van der Waals surface area contributed by atoms with E-state index in [0.29, 0.717) is 6.61 Å². The fraction of sp³-hybridized carbons (Fsp3) is 0.727. The zero-order valence-corrected chi connectivity index (χ0v) is 8.34. The number of aliphatic hydroxyl groups excluding tert-OH is 1. The van der Waals surface area contributed by atoms with Gasteiger partial charge in [-0.25, -0.2) is 0 Å². The van der Waals surface area contributed by atoms with Crippen molar-refractivity contribution in [2.24, 2.45) is 5.41 Å². The summed E-state index contributed by atoms with van der Waals surface area (Å²) in [6, 6.07) is 0. The predicted molar refractivity (Wildman–Crippen MR) is 53.1 cm³/mol. The van der Waals surface area contributed by atoms with Gasteiger partial charge in [-0.15, -0.1) is 0 Å². The Bertz CT molecular complexity index is 352. The highest BCUT2D eigenvalue weighted by Gasteiger charge is 2.43. The Kier molecular flexibility index (Phi) is 1.71. The molecule has 0 saturated heterocycles. The number of hydrogen-bond donors (Lipinski definition) is 2. The second-order valence-electron chi connectivity index (χ2n) is 4.82. The molecule has 0 aromatic carbocycles. The number of aromatic amines is 1. The van der Waals surface area contributed by atoms with E-state index < -0.39 is 0 Å². The van der Waals surface area contributed by atoms with Gasteiger partial charge in [-0.3, -0.25) is 5.10 Å². The van der Waals surface area contributed by atoms with Gasteiger partial charge in [-0.1, -0.05) is 0 Å². The molecule has 1 saturated carbocycles. The first-order valence-electron chi connectivity index (χ1n) is 5.49. The van der Waals surface area contributed by atoms with Crippen molar-refractivity contribution in [3.8, 4) is 0 Å². The summed E-state index contributed by atoms with van der Waals surface area (Å²) in [7, 11) is 0. The van der Waals surface area contributed by atoms with E-state index in [1.54, 1.807) is 0 Å². The lowest BCUT2D eigenvalue weighted by molar-refractivity contribution is 0.210. The van der Waals surface area contributed by atoms with Crippen LogP contribution in [0.25, 0.3) is 0 Å². The maximum atomic E-state index is 9.27. The Morgan fingerprint density at radius 1 is 1.36 bits per heavy atom. The first-order valence-corrected chi connectivity index (χ1v) is 5.49.